The quantitative estimate of drug-likeness (QED) is 0.787. The number of likely N-dealkylation sites (tertiary alicyclic amines) is 1. The van der Waals surface area contributed by atoms with Gasteiger partial charge in [-0.05, 0) is 58.0 Å². The highest BCUT2D eigenvalue weighted by Gasteiger charge is 2.24. The van der Waals surface area contributed by atoms with Gasteiger partial charge in [0.25, 0.3) is 0 Å². The van der Waals surface area contributed by atoms with Crippen molar-refractivity contribution in [3.8, 4) is 0 Å². The van der Waals surface area contributed by atoms with E-state index in [4.69, 9.17) is 0 Å². The van der Waals surface area contributed by atoms with Gasteiger partial charge in [0.15, 0.2) is 0 Å². The zero-order valence-electron chi connectivity index (χ0n) is 10.7. The highest BCUT2D eigenvalue weighted by atomic mass is 79.9. The first kappa shape index (κ1) is 14.5. The number of nitrogens with zero attached hydrogens (tertiary/aromatic N) is 1. The van der Waals surface area contributed by atoms with Crippen molar-refractivity contribution in [1.29, 1.82) is 0 Å². The first-order valence-corrected chi connectivity index (χ1v) is 7.66. The molecule has 1 heterocycles. The molecule has 2 unspecified atom stereocenters. The molecule has 1 N–H and O–H groups in total. The molecule has 1 aliphatic rings. The summed E-state index contributed by atoms with van der Waals surface area (Å²) in [4.78, 5) is 2.52. The number of hydrogen-bond acceptors (Lipinski definition) is 2. The zero-order valence-corrected chi connectivity index (χ0v) is 12.3. The van der Waals surface area contributed by atoms with Gasteiger partial charge >= 0.3 is 0 Å². The lowest BCUT2D eigenvalue weighted by molar-refractivity contribution is 0.0445. The summed E-state index contributed by atoms with van der Waals surface area (Å²) in [6, 6.07) is 0. The third kappa shape index (κ3) is 5.65. The Labute approximate surface area is 109 Å². The number of aliphatic hydroxyl groups is 1. The molecule has 16 heavy (non-hydrogen) atoms. The van der Waals surface area contributed by atoms with Crippen molar-refractivity contribution < 1.29 is 5.11 Å². The minimum Gasteiger partial charge on any atom is -0.390 e. The Morgan fingerprint density at radius 3 is 2.75 bits per heavy atom. The Bertz CT molecular complexity index is 196. The summed E-state index contributed by atoms with van der Waals surface area (Å²) in [5.74, 6) is 0.808. The molecule has 0 saturated carbocycles. The van der Waals surface area contributed by atoms with E-state index < -0.39 is 5.60 Å². The topological polar surface area (TPSA) is 23.5 Å². The molecule has 1 aliphatic heterocycles. The molecule has 0 aliphatic carbocycles. The number of rotatable bonds is 5. The van der Waals surface area contributed by atoms with E-state index in [1.54, 1.807) is 0 Å². The molecular formula is C13H26BrNO. The maximum Gasteiger partial charge on any atom is 0.0632 e. The van der Waals surface area contributed by atoms with Crippen LogP contribution in [0.4, 0.5) is 0 Å². The molecule has 0 aromatic rings. The summed E-state index contributed by atoms with van der Waals surface area (Å²) in [5.41, 5.74) is -0.420. The van der Waals surface area contributed by atoms with Gasteiger partial charge in [-0.3, -0.25) is 0 Å². The van der Waals surface area contributed by atoms with Crippen LogP contribution in [-0.4, -0.2) is 40.6 Å². The van der Waals surface area contributed by atoms with Crippen LogP contribution in [0, 0.1) is 5.92 Å². The van der Waals surface area contributed by atoms with Gasteiger partial charge in [0.2, 0.25) is 0 Å². The Balaban J connectivity index is 2.22. The second-order valence-electron chi connectivity index (χ2n) is 5.56. The number of hydrogen-bond donors (Lipinski definition) is 1. The number of alkyl halides is 1. The maximum absolute atomic E-state index is 10.0. The first-order valence-electron chi connectivity index (χ1n) is 6.54. The highest BCUT2D eigenvalue weighted by molar-refractivity contribution is 9.09. The fourth-order valence-electron chi connectivity index (χ4n) is 2.28. The second-order valence-corrected chi connectivity index (χ2v) is 6.36. The first-order chi connectivity index (χ1) is 7.53. The lowest BCUT2D eigenvalue weighted by atomic mass is 9.98. The second kappa shape index (κ2) is 6.97. The molecule has 1 fully saturated rings. The Hall–Kier alpha value is 0.400. The van der Waals surface area contributed by atoms with E-state index in [0.717, 1.165) is 43.6 Å². The van der Waals surface area contributed by atoms with Crippen molar-refractivity contribution in [3.05, 3.63) is 0 Å². The Kier molecular flexibility index (Phi) is 6.30. The van der Waals surface area contributed by atoms with Crippen molar-refractivity contribution in [2.24, 2.45) is 5.92 Å². The fourth-order valence-corrected chi connectivity index (χ4v) is 3.06. The Morgan fingerprint density at radius 2 is 2.06 bits per heavy atom. The van der Waals surface area contributed by atoms with E-state index >= 15 is 0 Å². The molecular weight excluding hydrogens is 266 g/mol. The van der Waals surface area contributed by atoms with Crippen LogP contribution < -0.4 is 0 Å². The summed E-state index contributed by atoms with van der Waals surface area (Å²) < 4.78 is 0. The summed E-state index contributed by atoms with van der Waals surface area (Å²) >= 11 is 3.50. The van der Waals surface area contributed by atoms with E-state index in [1.165, 1.54) is 19.4 Å². The number of halogens is 1. The van der Waals surface area contributed by atoms with E-state index in [9.17, 15) is 5.11 Å². The lowest BCUT2D eigenvalue weighted by Gasteiger charge is -2.23. The average Bonchev–Trinajstić information content (AvgIpc) is 2.37. The maximum atomic E-state index is 10.0. The monoisotopic (exact) mass is 291 g/mol. The zero-order chi connectivity index (χ0) is 12.0. The van der Waals surface area contributed by atoms with Gasteiger partial charge in [-0.15, -0.1) is 0 Å². The largest absolute Gasteiger partial charge is 0.390 e. The SMILES string of the molecule is CC(CCBr)CCN1CCCC(C)(O)CC1. The van der Waals surface area contributed by atoms with Crippen LogP contribution in [0.2, 0.25) is 0 Å². The molecule has 0 aromatic heterocycles. The summed E-state index contributed by atoms with van der Waals surface area (Å²) in [6.07, 6.45) is 5.58. The molecule has 0 amide bonds. The summed E-state index contributed by atoms with van der Waals surface area (Å²) in [6.45, 7) is 7.73. The normalized spacial score (nSPS) is 30.0. The van der Waals surface area contributed by atoms with Gasteiger partial charge in [-0.1, -0.05) is 22.9 Å². The van der Waals surface area contributed by atoms with Gasteiger partial charge in [0, 0.05) is 11.9 Å². The average molecular weight is 292 g/mol. The van der Waals surface area contributed by atoms with Gasteiger partial charge in [0.05, 0.1) is 5.60 Å². The smallest absolute Gasteiger partial charge is 0.0632 e. The summed E-state index contributed by atoms with van der Waals surface area (Å²) in [5, 5.41) is 11.1. The third-order valence-electron chi connectivity index (χ3n) is 3.70. The Morgan fingerprint density at radius 1 is 1.31 bits per heavy atom. The van der Waals surface area contributed by atoms with Crippen LogP contribution in [0.3, 0.4) is 0 Å². The standard InChI is InChI=1S/C13H26BrNO/c1-12(4-8-14)5-10-15-9-3-6-13(2,16)7-11-15/h12,16H,3-11H2,1-2H3. The van der Waals surface area contributed by atoms with Crippen LogP contribution >= 0.6 is 15.9 Å². The van der Waals surface area contributed by atoms with Crippen molar-refractivity contribution in [3.63, 3.8) is 0 Å². The molecule has 2 atom stereocenters. The molecule has 0 spiro atoms. The summed E-state index contributed by atoms with van der Waals surface area (Å²) in [7, 11) is 0. The van der Waals surface area contributed by atoms with E-state index in [1.807, 2.05) is 6.92 Å². The van der Waals surface area contributed by atoms with Crippen LogP contribution in [0.1, 0.15) is 46.0 Å². The lowest BCUT2D eigenvalue weighted by Crippen LogP contribution is -2.29. The van der Waals surface area contributed by atoms with Crippen molar-refractivity contribution in [2.75, 3.05) is 25.0 Å². The van der Waals surface area contributed by atoms with E-state index in [-0.39, 0.29) is 0 Å². The van der Waals surface area contributed by atoms with Crippen LogP contribution in [0.15, 0.2) is 0 Å². The molecule has 0 aromatic carbocycles. The van der Waals surface area contributed by atoms with E-state index in [0.29, 0.717) is 0 Å². The predicted octanol–water partition coefficient (Wildman–Crippen LogP) is 3.03. The third-order valence-corrected chi connectivity index (χ3v) is 4.15. The minimum atomic E-state index is -0.420. The van der Waals surface area contributed by atoms with Gasteiger partial charge in [-0.25, -0.2) is 0 Å². The van der Waals surface area contributed by atoms with Crippen LogP contribution in [-0.2, 0) is 0 Å². The van der Waals surface area contributed by atoms with Gasteiger partial charge < -0.3 is 10.0 Å². The predicted molar refractivity (Wildman–Crippen MR) is 73.1 cm³/mol. The van der Waals surface area contributed by atoms with Crippen LogP contribution in [0.25, 0.3) is 0 Å². The van der Waals surface area contributed by atoms with E-state index in [2.05, 4.69) is 27.8 Å². The van der Waals surface area contributed by atoms with Gasteiger partial charge in [-0.2, -0.15) is 0 Å². The van der Waals surface area contributed by atoms with Crippen molar-refractivity contribution in [1.82, 2.24) is 4.90 Å². The molecule has 0 radical (unpaired) electrons. The van der Waals surface area contributed by atoms with Crippen molar-refractivity contribution >= 4 is 15.9 Å². The minimum absolute atomic E-state index is 0.420. The molecule has 3 heteroatoms. The van der Waals surface area contributed by atoms with Crippen LogP contribution in [0.5, 0.6) is 0 Å². The fraction of sp³-hybridized carbons (Fsp3) is 1.00. The molecule has 1 saturated heterocycles. The van der Waals surface area contributed by atoms with Gasteiger partial charge in [0.1, 0.15) is 0 Å². The molecule has 96 valence electrons. The molecule has 1 rings (SSSR count). The molecule has 2 nitrogen and oxygen atoms in total. The van der Waals surface area contributed by atoms with Crippen molar-refractivity contribution in [2.45, 2.75) is 51.6 Å². The highest BCUT2D eigenvalue weighted by Crippen LogP contribution is 2.22. The molecule has 0 bridgehead atoms.